The first-order valence-corrected chi connectivity index (χ1v) is 11.3. The molecule has 0 aliphatic carbocycles. The van der Waals surface area contributed by atoms with Gasteiger partial charge in [-0.15, -0.1) is 46.7 Å². The fourth-order valence-electron chi connectivity index (χ4n) is 2.03. The molecule has 2 aromatic rings. The molecule has 0 fully saturated rings. The minimum atomic E-state index is -3.39. The summed E-state index contributed by atoms with van der Waals surface area (Å²) >= 11 is 2.92. The molecule has 0 bridgehead atoms. The number of aromatic nitrogens is 1. The van der Waals surface area contributed by atoms with E-state index in [0.29, 0.717) is 23.3 Å². The first kappa shape index (κ1) is 24.3. The first-order valence-electron chi connectivity index (χ1n) is 8.20. The van der Waals surface area contributed by atoms with Gasteiger partial charge in [0.25, 0.3) is 10.0 Å². The maximum absolute atomic E-state index is 12.1. The normalized spacial score (nSPS) is 12.1. The second-order valence-corrected chi connectivity index (χ2v) is 10.6. The van der Waals surface area contributed by atoms with Crippen molar-refractivity contribution in [3.05, 3.63) is 32.6 Å². The zero-order valence-electron chi connectivity index (χ0n) is 16.1. The van der Waals surface area contributed by atoms with Crippen LogP contribution < -0.4 is 10.6 Å². The molecule has 0 spiro atoms. The Kier molecular flexibility index (Phi) is 9.62. The van der Waals surface area contributed by atoms with Gasteiger partial charge in [-0.2, -0.15) is 0 Å². The van der Waals surface area contributed by atoms with E-state index in [1.165, 1.54) is 34.6 Å². The van der Waals surface area contributed by atoms with Crippen molar-refractivity contribution in [1.82, 2.24) is 19.9 Å². The third-order valence-corrected chi connectivity index (χ3v) is 8.01. The molecule has 7 nitrogen and oxygen atoms in total. The smallest absolute Gasteiger partial charge is 0.252 e. The summed E-state index contributed by atoms with van der Waals surface area (Å²) in [5.41, 5.74) is 1.06. The molecule has 0 aliphatic rings. The number of thiazole rings is 1. The Morgan fingerprint density at radius 2 is 1.93 bits per heavy atom. The summed E-state index contributed by atoms with van der Waals surface area (Å²) in [6.07, 6.45) is 0. The van der Waals surface area contributed by atoms with Crippen LogP contribution >= 0.6 is 46.7 Å². The first-order chi connectivity index (χ1) is 12.2. The number of nitrogens with one attached hydrogen (secondary N) is 2. The lowest BCUT2D eigenvalue weighted by Gasteiger charge is -2.10. The van der Waals surface area contributed by atoms with E-state index in [4.69, 9.17) is 0 Å². The van der Waals surface area contributed by atoms with Crippen LogP contribution in [0.15, 0.2) is 21.3 Å². The molecule has 11 heteroatoms. The average molecular weight is 544 g/mol. The van der Waals surface area contributed by atoms with Gasteiger partial charge in [0.1, 0.15) is 9.22 Å². The molecule has 0 saturated carbocycles. The SMILES string of the molecule is CCNC(=NCc1ccc(S(=O)(=O)N(C)C)s1)NCc1nc(C)c(C)s1.I. The Hall–Kier alpha value is -0.760. The highest BCUT2D eigenvalue weighted by molar-refractivity contribution is 14.0. The van der Waals surface area contributed by atoms with E-state index in [2.05, 4.69) is 27.5 Å². The van der Waals surface area contributed by atoms with E-state index in [9.17, 15) is 8.42 Å². The highest BCUT2D eigenvalue weighted by Gasteiger charge is 2.19. The number of thiophene rings is 1. The lowest BCUT2D eigenvalue weighted by molar-refractivity contribution is 0.523. The number of aliphatic imine (C=N–C) groups is 1. The van der Waals surface area contributed by atoms with Gasteiger partial charge < -0.3 is 10.6 Å². The van der Waals surface area contributed by atoms with Crippen molar-refractivity contribution in [1.29, 1.82) is 0 Å². The minimum absolute atomic E-state index is 0. The molecule has 27 heavy (non-hydrogen) atoms. The van der Waals surface area contributed by atoms with Crippen LogP contribution in [-0.2, 0) is 23.1 Å². The van der Waals surface area contributed by atoms with Crippen LogP contribution in [0.3, 0.4) is 0 Å². The Balaban J connectivity index is 0.00000364. The molecule has 2 heterocycles. The lowest BCUT2D eigenvalue weighted by atomic mass is 10.4. The van der Waals surface area contributed by atoms with Crippen molar-refractivity contribution < 1.29 is 8.42 Å². The van der Waals surface area contributed by atoms with Crippen LogP contribution in [0, 0.1) is 13.8 Å². The lowest BCUT2D eigenvalue weighted by Crippen LogP contribution is -2.36. The van der Waals surface area contributed by atoms with E-state index in [1.807, 2.05) is 19.9 Å². The number of nitrogens with zero attached hydrogens (tertiary/aromatic N) is 3. The predicted molar refractivity (Wildman–Crippen MR) is 124 cm³/mol. The third-order valence-electron chi connectivity index (χ3n) is 3.59. The van der Waals surface area contributed by atoms with Crippen molar-refractivity contribution in [2.24, 2.45) is 4.99 Å². The van der Waals surface area contributed by atoms with E-state index < -0.39 is 10.0 Å². The summed E-state index contributed by atoms with van der Waals surface area (Å²) in [6, 6.07) is 3.44. The molecule has 0 unspecified atom stereocenters. The van der Waals surface area contributed by atoms with Gasteiger partial charge in [0.05, 0.1) is 18.8 Å². The molecular weight excluding hydrogens is 517 g/mol. The van der Waals surface area contributed by atoms with Crippen LogP contribution in [-0.4, -0.2) is 44.3 Å². The van der Waals surface area contributed by atoms with Gasteiger partial charge in [-0.3, -0.25) is 0 Å². The van der Waals surface area contributed by atoms with Crippen LogP contribution in [0.5, 0.6) is 0 Å². The minimum Gasteiger partial charge on any atom is -0.357 e. The van der Waals surface area contributed by atoms with Gasteiger partial charge in [-0.05, 0) is 32.9 Å². The van der Waals surface area contributed by atoms with Gasteiger partial charge in [-0.25, -0.2) is 22.7 Å². The fourth-order valence-corrected chi connectivity index (χ4v) is 5.36. The van der Waals surface area contributed by atoms with Gasteiger partial charge in [0.2, 0.25) is 0 Å². The second kappa shape index (κ2) is 10.7. The molecule has 152 valence electrons. The molecule has 2 aromatic heterocycles. The van der Waals surface area contributed by atoms with Crippen LogP contribution in [0.25, 0.3) is 0 Å². The number of hydrogen-bond acceptors (Lipinski definition) is 6. The Morgan fingerprint density at radius 1 is 1.22 bits per heavy atom. The molecule has 0 saturated heterocycles. The average Bonchev–Trinajstić information content (AvgIpc) is 3.17. The zero-order valence-corrected chi connectivity index (χ0v) is 20.8. The zero-order chi connectivity index (χ0) is 19.3. The van der Waals surface area contributed by atoms with Crippen LogP contribution in [0.1, 0.15) is 27.4 Å². The molecule has 2 rings (SSSR count). The summed E-state index contributed by atoms with van der Waals surface area (Å²) in [5, 5.41) is 7.48. The largest absolute Gasteiger partial charge is 0.357 e. The summed E-state index contributed by atoms with van der Waals surface area (Å²) < 4.78 is 25.8. The maximum atomic E-state index is 12.1. The predicted octanol–water partition coefficient (Wildman–Crippen LogP) is 2.95. The van der Waals surface area contributed by atoms with Crippen molar-refractivity contribution in [3.8, 4) is 0 Å². The quantitative estimate of drug-likeness (QED) is 0.319. The molecule has 0 aliphatic heterocycles. The molecule has 0 amide bonds. The fraction of sp³-hybridized carbons (Fsp3) is 0.500. The van der Waals surface area contributed by atoms with Crippen molar-refractivity contribution in [3.63, 3.8) is 0 Å². The summed E-state index contributed by atoms with van der Waals surface area (Å²) in [7, 11) is -0.328. The molecule has 0 aromatic carbocycles. The van der Waals surface area contributed by atoms with Gasteiger partial charge in [0, 0.05) is 30.4 Å². The van der Waals surface area contributed by atoms with Gasteiger partial charge >= 0.3 is 0 Å². The van der Waals surface area contributed by atoms with Crippen molar-refractivity contribution in [2.75, 3.05) is 20.6 Å². The van der Waals surface area contributed by atoms with E-state index >= 15 is 0 Å². The highest BCUT2D eigenvalue weighted by Crippen LogP contribution is 2.24. The van der Waals surface area contributed by atoms with E-state index in [0.717, 1.165) is 22.1 Å². The number of sulfonamides is 1. The van der Waals surface area contributed by atoms with Gasteiger partial charge in [0.15, 0.2) is 5.96 Å². The molecule has 2 N–H and O–H groups in total. The van der Waals surface area contributed by atoms with E-state index in [1.54, 1.807) is 17.4 Å². The number of aryl methyl sites for hydroxylation is 2. The van der Waals surface area contributed by atoms with Crippen molar-refractivity contribution in [2.45, 2.75) is 38.1 Å². The summed E-state index contributed by atoms with van der Waals surface area (Å²) in [5.74, 6) is 0.684. The number of halogens is 1. The monoisotopic (exact) mass is 543 g/mol. The second-order valence-electron chi connectivity index (χ2n) is 5.81. The molecular formula is C16H26IN5O2S3. The topological polar surface area (TPSA) is 86.7 Å². The standard InChI is InChI=1S/C16H25N5O2S3.HI/c1-6-17-16(19-10-14-20-11(2)12(3)24-14)18-9-13-7-8-15(25-13)26(22,23)21(4)5;/h7-8H,6,9-10H2,1-5H3,(H2,17,18,19);1H. The molecule has 0 radical (unpaired) electrons. The van der Waals surface area contributed by atoms with Crippen LogP contribution in [0.4, 0.5) is 0 Å². The third kappa shape index (κ3) is 6.66. The summed E-state index contributed by atoms with van der Waals surface area (Å²) in [4.78, 5) is 11.2. The summed E-state index contributed by atoms with van der Waals surface area (Å²) in [6.45, 7) is 7.83. The maximum Gasteiger partial charge on any atom is 0.252 e. The van der Waals surface area contributed by atoms with Gasteiger partial charge in [-0.1, -0.05) is 0 Å². The van der Waals surface area contributed by atoms with Crippen molar-refractivity contribution >= 4 is 62.6 Å². The Labute approximate surface area is 186 Å². The number of hydrogen-bond donors (Lipinski definition) is 2. The Bertz CT molecular complexity index is 855. The Morgan fingerprint density at radius 3 is 2.48 bits per heavy atom. The highest BCUT2D eigenvalue weighted by atomic mass is 127. The number of guanidine groups is 1. The van der Waals surface area contributed by atoms with E-state index in [-0.39, 0.29) is 24.0 Å². The number of rotatable bonds is 7. The molecule has 0 atom stereocenters. The van der Waals surface area contributed by atoms with Crippen LogP contribution in [0.2, 0.25) is 0 Å².